The Balaban J connectivity index is 2.16. The third-order valence-corrected chi connectivity index (χ3v) is 4.83. The van der Waals surface area contributed by atoms with Crippen LogP contribution in [0, 0.1) is 6.92 Å². The summed E-state index contributed by atoms with van der Waals surface area (Å²) < 4.78 is 5.70. The molecule has 0 saturated heterocycles. The van der Waals surface area contributed by atoms with Crippen LogP contribution in [0.5, 0.6) is 5.75 Å². The number of rotatable bonds is 9. The summed E-state index contributed by atoms with van der Waals surface area (Å²) in [4.78, 5) is 26.9. The molecule has 6 heteroatoms. The van der Waals surface area contributed by atoms with Crippen molar-refractivity contribution in [3.05, 3.63) is 64.7 Å². The Labute approximate surface area is 171 Å². The van der Waals surface area contributed by atoms with Crippen LogP contribution in [0.2, 0.25) is 5.02 Å². The molecule has 1 atom stereocenters. The van der Waals surface area contributed by atoms with Gasteiger partial charge in [-0.15, -0.1) is 0 Å². The number of nitrogens with one attached hydrogen (secondary N) is 1. The molecule has 2 aromatic carbocycles. The van der Waals surface area contributed by atoms with Crippen molar-refractivity contribution in [2.45, 2.75) is 39.8 Å². The predicted molar refractivity (Wildman–Crippen MR) is 111 cm³/mol. The Hall–Kier alpha value is -2.53. The van der Waals surface area contributed by atoms with Gasteiger partial charge >= 0.3 is 0 Å². The number of ether oxygens (including phenoxy) is 1. The van der Waals surface area contributed by atoms with Gasteiger partial charge in [-0.25, -0.2) is 0 Å². The van der Waals surface area contributed by atoms with E-state index in [-0.39, 0.29) is 25.0 Å². The smallest absolute Gasteiger partial charge is 0.261 e. The molecule has 5 nitrogen and oxygen atoms in total. The molecular formula is C22H27ClN2O3. The van der Waals surface area contributed by atoms with E-state index in [0.29, 0.717) is 17.3 Å². The van der Waals surface area contributed by atoms with E-state index in [9.17, 15) is 9.59 Å². The maximum Gasteiger partial charge on any atom is 0.261 e. The molecule has 0 radical (unpaired) electrons. The van der Waals surface area contributed by atoms with E-state index in [4.69, 9.17) is 16.3 Å². The fourth-order valence-electron chi connectivity index (χ4n) is 2.73. The molecule has 0 spiro atoms. The van der Waals surface area contributed by atoms with Gasteiger partial charge in [0.2, 0.25) is 5.91 Å². The molecule has 0 saturated carbocycles. The van der Waals surface area contributed by atoms with Gasteiger partial charge in [0.05, 0.1) is 0 Å². The van der Waals surface area contributed by atoms with Crippen molar-refractivity contribution in [1.82, 2.24) is 10.2 Å². The first-order valence-corrected chi connectivity index (χ1v) is 9.80. The van der Waals surface area contributed by atoms with E-state index in [1.807, 2.05) is 56.3 Å². The van der Waals surface area contributed by atoms with Crippen LogP contribution in [0.25, 0.3) is 0 Å². The monoisotopic (exact) mass is 402 g/mol. The van der Waals surface area contributed by atoms with E-state index >= 15 is 0 Å². The number of aryl methyl sites for hydroxylation is 1. The second-order valence-electron chi connectivity index (χ2n) is 6.63. The van der Waals surface area contributed by atoms with E-state index in [1.54, 1.807) is 13.0 Å². The number of para-hydroxylation sites is 1. The minimum Gasteiger partial charge on any atom is -0.484 e. The van der Waals surface area contributed by atoms with Gasteiger partial charge in [-0.05, 0) is 43.5 Å². The average molecular weight is 403 g/mol. The molecule has 0 unspecified atom stereocenters. The van der Waals surface area contributed by atoms with Crippen molar-refractivity contribution in [3.63, 3.8) is 0 Å². The molecule has 0 aliphatic rings. The number of halogens is 1. The highest BCUT2D eigenvalue weighted by molar-refractivity contribution is 6.31. The molecule has 2 rings (SSSR count). The molecule has 0 bridgehead atoms. The first kappa shape index (κ1) is 21.8. The summed E-state index contributed by atoms with van der Waals surface area (Å²) in [6.07, 6.45) is 0.827. The van der Waals surface area contributed by atoms with Crippen LogP contribution in [0.15, 0.2) is 48.5 Å². The number of carbonyl (C=O) groups excluding carboxylic acids is 2. The molecule has 28 heavy (non-hydrogen) atoms. The van der Waals surface area contributed by atoms with Crippen molar-refractivity contribution in [1.29, 1.82) is 0 Å². The minimum atomic E-state index is -0.643. The summed E-state index contributed by atoms with van der Waals surface area (Å²) in [5.74, 6) is 0.178. The Morgan fingerprint density at radius 2 is 1.82 bits per heavy atom. The molecular weight excluding hydrogens is 376 g/mol. The lowest BCUT2D eigenvalue weighted by molar-refractivity contribution is -0.142. The molecule has 0 fully saturated rings. The fraction of sp³-hybridized carbons (Fsp3) is 0.364. The van der Waals surface area contributed by atoms with E-state index in [1.165, 1.54) is 4.90 Å². The van der Waals surface area contributed by atoms with Crippen molar-refractivity contribution < 1.29 is 14.3 Å². The van der Waals surface area contributed by atoms with Gasteiger partial charge in [0.15, 0.2) is 6.61 Å². The van der Waals surface area contributed by atoms with Crippen LogP contribution < -0.4 is 10.1 Å². The van der Waals surface area contributed by atoms with Crippen LogP contribution in [-0.4, -0.2) is 35.9 Å². The fourth-order valence-corrected chi connectivity index (χ4v) is 2.92. The highest BCUT2D eigenvalue weighted by Crippen LogP contribution is 2.20. The average Bonchev–Trinajstić information content (AvgIpc) is 2.70. The maximum absolute atomic E-state index is 12.9. The van der Waals surface area contributed by atoms with Gasteiger partial charge in [0.1, 0.15) is 11.8 Å². The molecule has 2 aromatic rings. The Morgan fingerprint density at radius 3 is 2.50 bits per heavy atom. The standard InChI is InChI=1S/C22H27ClN2O3/c1-4-13-24-22(27)17(3)25(14-18-10-6-7-11-19(18)23)21(26)15-28-20-12-8-5-9-16(20)2/h5-12,17H,4,13-15H2,1-3H3,(H,24,27)/t17-/m1/s1. The van der Waals surface area contributed by atoms with Gasteiger partial charge in [0, 0.05) is 18.1 Å². The van der Waals surface area contributed by atoms with Crippen LogP contribution in [0.1, 0.15) is 31.4 Å². The quantitative estimate of drug-likeness (QED) is 0.690. The minimum absolute atomic E-state index is 0.152. The zero-order valence-corrected chi connectivity index (χ0v) is 17.3. The molecule has 0 aliphatic carbocycles. The van der Waals surface area contributed by atoms with Crippen LogP contribution in [-0.2, 0) is 16.1 Å². The Morgan fingerprint density at radius 1 is 1.14 bits per heavy atom. The third-order valence-electron chi connectivity index (χ3n) is 4.46. The zero-order chi connectivity index (χ0) is 20.5. The normalized spacial score (nSPS) is 11.6. The van der Waals surface area contributed by atoms with Gasteiger partial charge in [-0.3, -0.25) is 9.59 Å². The van der Waals surface area contributed by atoms with Crippen molar-refractivity contribution in [2.75, 3.05) is 13.2 Å². The highest BCUT2D eigenvalue weighted by Gasteiger charge is 2.27. The Bertz CT molecular complexity index is 810. The summed E-state index contributed by atoms with van der Waals surface area (Å²) in [5.41, 5.74) is 1.73. The summed E-state index contributed by atoms with van der Waals surface area (Å²) in [7, 11) is 0. The number of hydrogen-bond donors (Lipinski definition) is 1. The topological polar surface area (TPSA) is 58.6 Å². The van der Waals surface area contributed by atoms with Gasteiger partial charge in [-0.2, -0.15) is 0 Å². The van der Waals surface area contributed by atoms with E-state index in [2.05, 4.69) is 5.32 Å². The predicted octanol–water partition coefficient (Wildman–Crippen LogP) is 3.97. The molecule has 1 N–H and O–H groups in total. The molecule has 150 valence electrons. The van der Waals surface area contributed by atoms with E-state index < -0.39 is 6.04 Å². The number of benzene rings is 2. The maximum atomic E-state index is 12.9. The van der Waals surface area contributed by atoms with Crippen molar-refractivity contribution in [2.24, 2.45) is 0 Å². The lowest BCUT2D eigenvalue weighted by atomic mass is 10.1. The lowest BCUT2D eigenvalue weighted by Gasteiger charge is -2.29. The van der Waals surface area contributed by atoms with E-state index in [0.717, 1.165) is 17.5 Å². The first-order valence-electron chi connectivity index (χ1n) is 9.43. The van der Waals surface area contributed by atoms with Crippen LogP contribution in [0.4, 0.5) is 0 Å². The SMILES string of the molecule is CCCNC(=O)[C@@H](C)N(Cc1ccccc1Cl)C(=O)COc1ccccc1C. The van der Waals surface area contributed by atoms with Crippen molar-refractivity contribution in [3.8, 4) is 5.75 Å². The summed E-state index contributed by atoms with van der Waals surface area (Å²) >= 11 is 6.26. The van der Waals surface area contributed by atoms with Crippen LogP contribution in [0.3, 0.4) is 0 Å². The Kier molecular flexibility index (Phi) is 8.33. The number of carbonyl (C=O) groups is 2. The van der Waals surface area contributed by atoms with Crippen LogP contribution >= 0.6 is 11.6 Å². The summed E-state index contributed by atoms with van der Waals surface area (Å²) in [5, 5.41) is 3.40. The second kappa shape index (κ2) is 10.7. The highest BCUT2D eigenvalue weighted by atomic mass is 35.5. The number of amides is 2. The zero-order valence-electron chi connectivity index (χ0n) is 16.6. The number of nitrogens with zero attached hydrogens (tertiary/aromatic N) is 1. The molecule has 0 aliphatic heterocycles. The third kappa shape index (κ3) is 5.99. The molecule has 2 amide bonds. The molecule has 0 heterocycles. The van der Waals surface area contributed by atoms with Crippen molar-refractivity contribution >= 4 is 23.4 Å². The summed E-state index contributed by atoms with van der Waals surface area (Å²) in [6.45, 7) is 6.26. The summed E-state index contributed by atoms with van der Waals surface area (Å²) in [6, 6.07) is 14.2. The largest absolute Gasteiger partial charge is 0.484 e. The van der Waals surface area contributed by atoms with Gasteiger partial charge in [0.25, 0.3) is 5.91 Å². The van der Waals surface area contributed by atoms with Gasteiger partial charge < -0.3 is 15.0 Å². The second-order valence-corrected chi connectivity index (χ2v) is 7.04. The molecule has 0 aromatic heterocycles. The lowest BCUT2D eigenvalue weighted by Crippen LogP contribution is -2.49. The number of hydrogen-bond acceptors (Lipinski definition) is 3. The van der Waals surface area contributed by atoms with Gasteiger partial charge in [-0.1, -0.05) is 54.9 Å². The first-order chi connectivity index (χ1) is 13.4.